The lowest BCUT2D eigenvalue weighted by atomic mass is 9.79. The van der Waals surface area contributed by atoms with Gasteiger partial charge in [0.1, 0.15) is 0 Å². The lowest BCUT2D eigenvalue weighted by molar-refractivity contribution is 0.222. The summed E-state index contributed by atoms with van der Waals surface area (Å²) in [5, 5.41) is 3.68. The summed E-state index contributed by atoms with van der Waals surface area (Å²) in [6.07, 6.45) is 5.11. The van der Waals surface area contributed by atoms with Gasteiger partial charge in [-0.15, -0.1) is 0 Å². The Hall–Kier alpha value is -1.09. The van der Waals surface area contributed by atoms with E-state index < -0.39 is 0 Å². The molecule has 0 saturated heterocycles. The highest BCUT2D eigenvalue weighted by Gasteiger charge is 2.25. The van der Waals surface area contributed by atoms with Gasteiger partial charge in [-0.3, -0.25) is 0 Å². The smallest absolute Gasteiger partial charge is 0.165 e. The van der Waals surface area contributed by atoms with Gasteiger partial charge in [-0.2, -0.15) is 0 Å². The minimum Gasteiger partial charge on any atom is -0.494 e. The highest BCUT2D eigenvalue weighted by atomic mass is 19.1. The van der Waals surface area contributed by atoms with Gasteiger partial charge in [-0.05, 0) is 49.3 Å². The molecule has 0 heterocycles. The largest absolute Gasteiger partial charge is 0.494 e. The van der Waals surface area contributed by atoms with Crippen molar-refractivity contribution in [2.75, 3.05) is 7.11 Å². The fourth-order valence-corrected chi connectivity index (χ4v) is 3.39. The van der Waals surface area contributed by atoms with Crippen LogP contribution < -0.4 is 10.1 Å². The van der Waals surface area contributed by atoms with Crippen LogP contribution in [0.5, 0.6) is 5.75 Å². The lowest BCUT2D eigenvalue weighted by Crippen LogP contribution is -2.37. The van der Waals surface area contributed by atoms with Gasteiger partial charge >= 0.3 is 0 Å². The van der Waals surface area contributed by atoms with Gasteiger partial charge in [0.25, 0.3) is 0 Å². The molecule has 1 aliphatic carbocycles. The third-order valence-corrected chi connectivity index (χ3v) is 4.82. The van der Waals surface area contributed by atoms with Crippen molar-refractivity contribution in [1.82, 2.24) is 5.32 Å². The number of halogens is 1. The van der Waals surface area contributed by atoms with Gasteiger partial charge in [-0.1, -0.05) is 32.8 Å². The van der Waals surface area contributed by atoms with E-state index in [1.807, 2.05) is 6.07 Å². The minimum absolute atomic E-state index is 0.168. The molecule has 0 aliphatic heterocycles. The average Bonchev–Trinajstić information content (AvgIpc) is 2.47. The fourth-order valence-electron chi connectivity index (χ4n) is 3.39. The quantitative estimate of drug-likeness (QED) is 0.849. The van der Waals surface area contributed by atoms with Crippen molar-refractivity contribution in [3.05, 3.63) is 29.6 Å². The summed E-state index contributed by atoms with van der Waals surface area (Å²) < 4.78 is 18.8. The number of hydrogen-bond donors (Lipinski definition) is 1. The average molecular weight is 293 g/mol. The molecule has 2 rings (SSSR count). The summed E-state index contributed by atoms with van der Waals surface area (Å²) in [6.45, 7) is 6.74. The van der Waals surface area contributed by atoms with Gasteiger partial charge < -0.3 is 10.1 Å². The second kappa shape index (κ2) is 7.26. The van der Waals surface area contributed by atoms with Crippen LogP contribution in [0.4, 0.5) is 4.39 Å². The van der Waals surface area contributed by atoms with E-state index in [0.717, 1.165) is 17.4 Å². The van der Waals surface area contributed by atoms with Crippen molar-refractivity contribution in [3.8, 4) is 5.75 Å². The molecule has 3 atom stereocenters. The summed E-state index contributed by atoms with van der Waals surface area (Å²) in [5.74, 6) is 1.59. The van der Waals surface area contributed by atoms with Gasteiger partial charge in [0.2, 0.25) is 0 Å². The monoisotopic (exact) mass is 293 g/mol. The molecule has 0 amide bonds. The minimum atomic E-state index is -0.285. The first kappa shape index (κ1) is 16.3. The van der Waals surface area contributed by atoms with Crippen LogP contribution in [0.1, 0.15) is 58.1 Å². The maximum absolute atomic E-state index is 13.8. The number of nitrogens with one attached hydrogen (secondary N) is 1. The standard InChI is InChI=1S/C18H28FNO/c1-12(2)14-6-5-7-16(10-14)20-13(3)15-8-9-18(21-4)17(19)11-15/h8-9,11-14,16,20H,5-7,10H2,1-4H3. The summed E-state index contributed by atoms with van der Waals surface area (Å²) in [6, 6.07) is 5.95. The molecule has 1 aliphatic rings. The Balaban J connectivity index is 1.97. The first-order valence-electron chi connectivity index (χ1n) is 8.10. The van der Waals surface area contributed by atoms with Crippen LogP contribution >= 0.6 is 0 Å². The molecule has 21 heavy (non-hydrogen) atoms. The fraction of sp³-hybridized carbons (Fsp3) is 0.667. The zero-order chi connectivity index (χ0) is 15.4. The molecule has 3 unspecified atom stereocenters. The third kappa shape index (κ3) is 4.19. The molecule has 1 aromatic carbocycles. The summed E-state index contributed by atoms with van der Waals surface area (Å²) >= 11 is 0. The molecular weight excluding hydrogens is 265 g/mol. The van der Waals surface area contributed by atoms with E-state index in [9.17, 15) is 4.39 Å². The molecule has 1 aromatic rings. The molecule has 1 saturated carbocycles. The molecule has 2 nitrogen and oxygen atoms in total. The van der Waals surface area contributed by atoms with E-state index >= 15 is 0 Å². The van der Waals surface area contributed by atoms with Crippen molar-refractivity contribution in [1.29, 1.82) is 0 Å². The van der Waals surface area contributed by atoms with Crippen LogP contribution in [-0.2, 0) is 0 Å². The van der Waals surface area contributed by atoms with E-state index in [1.54, 1.807) is 12.1 Å². The Labute approximate surface area is 128 Å². The Bertz CT molecular complexity index is 461. The van der Waals surface area contributed by atoms with E-state index in [4.69, 9.17) is 4.74 Å². The molecule has 0 radical (unpaired) electrons. The molecule has 0 aromatic heterocycles. The van der Waals surface area contributed by atoms with Crippen molar-refractivity contribution in [2.24, 2.45) is 11.8 Å². The van der Waals surface area contributed by atoms with Gasteiger partial charge in [0.05, 0.1) is 7.11 Å². The van der Waals surface area contributed by atoms with Gasteiger partial charge in [0, 0.05) is 12.1 Å². The Morgan fingerprint density at radius 1 is 1.24 bits per heavy atom. The number of hydrogen-bond acceptors (Lipinski definition) is 2. The van der Waals surface area contributed by atoms with Crippen LogP contribution in [0.3, 0.4) is 0 Å². The van der Waals surface area contributed by atoms with Crippen LogP contribution in [0, 0.1) is 17.7 Å². The maximum atomic E-state index is 13.8. The predicted octanol–water partition coefficient (Wildman–Crippen LogP) is 4.70. The molecule has 118 valence electrons. The Kier molecular flexibility index (Phi) is 5.63. The number of methoxy groups -OCH3 is 1. The molecular formula is C18H28FNO. The summed E-state index contributed by atoms with van der Waals surface area (Å²) in [5.41, 5.74) is 0.986. The molecule has 0 bridgehead atoms. The van der Waals surface area contributed by atoms with E-state index in [2.05, 4.69) is 26.1 Å². The maximum Gasteiger partial charge on any atom is 0.165 e. The van der Waals surface area contributed by atoms with Crippen molar-refractivity contribution in [3.63, 3.8) is 0 Å². The van der Waals surface area contributed by atoms with Gasteiger partial charge in [0.15, 0.2) is 11.6 Å². The Morgan fingerprint density at radius 2 is 2.00 bits per heavy atom. The summed E-state index contributed by atoms with van der Waals surface area (Å²) in [4.78, 5) is 0. The first-order chi connectivity index (χ1) is 10.0. The van der Waals surface area contributed by atoms with E-state index in [1.165, 1.54) is 32.8 Å². The van der Waals surface area contributed by atoms with Crippen molar-refractivity contribution in [2.45, 2.75) is 58.5 Å². The molecule has 0 spiro atoms. The van der Waals surface area contributed by atoms with Crippen LogP contribution in [0.25, 0.3) is 0 Å². The van der Waals surface area contributed by atoms with Crippen LogP contribution in [-0.4, -0.2) is 13.2 Å². The first-order valence-corrected chi connectivity index (χ1v) is 8.10. The number of rotatable bonds is 5. The zero-order valence-corrected chi connectivity index (χ0v) is 13.7. The summed E-state index contributed by atoms with van der Waals surface area (Å²) in [7, 11) is 1.49. The predicted molar refractivity (Wildman–Crippen MR) is 85.1 cm³/mol. The molecule has 3 heteroatoms. The number of benzene rings is 1. The molecule has 1 N–H and O–H groups in total. The normalized spacial score (nSPS) is 24.1. The van der Waals surface area contributed by atoms with Crippen LogP contribution in [0.2, 0.25) is 0 Å². The Morgan fingerprint density at radius 3 is 2.62 bits per heavy atom. The topological polar surface area (TPSA) is 21.3 Å². The molecule has 1 fully saturated rings. The second-order valence-corrected chi connectivity index (χ2v) is 6.65. The third-order valence-electron chi connectivity index (χ3n) is 4.82. The van der Waals surface area contributed by atoms with Crippen molar-refractivity contribution < 1.29 is 9.13 Å². The SMILES string of the molecule is COc1ccc(C(C)NC2CCCC(C(C)C)C2)cc1F. The van der Waals surface area contributed by atoms with E-state index in [0.29, 0.717) is 11.8 Å². The van der Waals surface area contributed by atoms with Crippen LogP contribution in [0.15, 0.2) is 18.2 Å². The highest BCUT2D eigenvalue weighted by molar-refractivity contribution is 5.30. The number of ether oxygens (including phenoxy) is 1. The lowest BCUT2D eigenvalue weighted by Gasteiger charge is -2.34. The van der Waals surface area contributed by atoms with E-state index in [-0.39, 0.29) is 11.9 Å². The van der Waals surface area contributed by atoms with Gasteiger partial charge in [-0.25, -0.2) is 4.39 Å². The second-order valence-electron chi connectivity index (χ2n) is 6.65. The zero-order valence-electron chi connectivity index (χ0n) is 13.7. The van der Waals surface area contributed by atoms with Crippen molar-refractivity contribution >= 4 is 0 Å². The highest BCUT2D eigenvalue weighted by Crippen LogP contribution is 2.31.